The van der Waals surface area contributed by atoms with Gasteiger partial charge in [0.2, 0.25) is 5.91 Å². The first-order chi connectivity index (χ1) is 10.1. The molecule has 1 aliphatic rings. The Morgan fingerprint density at radius 2 is 1.95 bits per heavy atom. The molecule has 0 aromatic heterocycles. The van der Waals surface area contributed by atoms with Crippen LogP contribution in [0.4, 0.5) is 0 Å². The monoisotopic (exact) mass is 356 g/mol. The van der Waals surface area contributed by atoms with Crippen molar-refractivity contribution in [2.24, 2.45) is 0 Å². The molecule has 0 saturated carbocycles. The van der Waals surface area contributed by atoms with Crippen molar-refractivity contribution in [3.63, 3.8) is 0 Å². The third-order valence-corrected chi connectivity index (χ3v) is 4.03. The van der Waals surface area contributed by atoms with Gasteiger partial charge in [0.1, 0.15) is 13.2 Å². The van der Waals surface area contributed by atoms with Gasteiger partial charge >= 0.3 is 0 Å². The van der Waals surface area contributed by atoms with E-state index < -0.39 is 0 Å². The number of hydrogen-bond acceptors (Lipinski definition) is 4. The fraction of sp³-hybridized carbons (Fsp3) is 0.533. The summed E-state index contributed by atoms with van der Waals surface area (Å²) in [5.74, 6) is 1.59. The van der Waals surface area contributed by atoms with Crippen molar-refractivity contribution < 1.29 is 14.3 Å². The van der Waals surface area contributed by atoms with E-state index in [1.165, 1.54) is 0 Å². The smallest absolute Gasteiger partial charge is 0.234 e. The molecule has 0 fully saturated rings. The Kier molecular flexibility index (Phi) is 5.87. The standard InChI is InChI=1S/C15H21BrN2O3/c1-3-17-15(19)10-18(4-2)9-11-7-13-14(8-12(11)16)21-6-5-20-13/h7-8H,3-6,9-10H2,1-2H3,(H,17,19). The summed E-state index contributed by atoms with van der Waals surface area (Å²) in [5, 5.41) is 2.82. The summed E-state index contributed by atoms with van der Waals surface area (Å²) in [5.41, 5.74) is 1.09. The number of nitrogens with one attached hydrogen (secondary N) is 1. The van der Waals surface area contributed by atoms with E-state index in [2.05, 4.69) is 26.1 Å². The second-order valence-electron chi connectivity index (χ2n) is 4.84. The van der Waals surface area contributed by atoms with E-state index in [-0.39, 0.29) is 5.91 Å². The van der Waals surface area contributed by atoms with Crippen molar-refractivity contribution in [1.82, 2.24) is 10.2 Å². The van der Waals surface area contributed by atoms with Crippen LogP contribution in [0, 0.1) is 0 Å². The van der Waals surface area contributed by atoms with Crippen LogP contribution >= 0.6 is 15.9 Å². The number of ether oxygens (including phenoxy) is 2. The zero-order valence-corrected chi connectivity index (χ0v) is 14.0. The molecule has 21 heavy (non-hydrogen) atoms. The van der Waals surface area contributed by atoms with Crippen LogP contribution in [0.2, 0.25) is 0 Å². The molecule has 1 amide bonds. The lowest BCUT2D eigenvalue weighted by atomic mass is 10.1. The van der Waals surface area contributed by atoms with E-state index in [0.717, 1.165) is 28.1 Å². The zero-order valence-electron chi connectivity index (χ0n) is 12.4. The number of likely N-dealkylation sites (N-methyl/N-ethyl adjacent to an activating group) is 2. The molecule has 6 heteroatoms. The fourth-order valence-electron chi connectivity index (χ4n) is 2.20. The molecule has 0 unspecified atom stereocenters. The topological polar surface area (TPSA) is 50.8 Å². The van der Waals surface area contributed by atoms with Gasteiger partial charge in [0.25, 0.3) is 0 Å². The van der Waals surface area contributed by atoms with E-state index in [1.807, 2.05) is 26.0 Å². The number of halogens is 1. The summed E-state index contributed by atoms with van der Waals surface area (Å²) in [6.07, 6.45) is 0. The van der Waals surface area contributed by atoms with Gasteiger partial charge in [-0.15, -0.1) is 0 Å². The molecule has 2 rings (SSSR count). The van der Waals surface area contributed by atoms with E-state index in [1.54, 1.807) is 0 Å². The molecule has 0 saturated heterocycles. The second-order valence-corrected chi connectivity index (χ2v) is 5.70. The first-order valence-corrected chi connectivity index (χ1v) is 8.00. The van der Waals surface area contributed by atoms with Crippen molar-refractivity contribution in [1.29, 1.82) is 0 Å². The predicted octanol–water partition coefficient (Wildman–Crippen LogP) is 2.18. The lowest BCUT2D eigenvalue weighted by Crippen LogP contribution is -2.36. The Hall–Kier alpha value is -1.27. The van der Waals surface area contributed by atoms with Crippen LogP contribution in [0.1, 0.15) is 19.4 Å². The van der Waals surface area contributed by atoms with E-state index in [0.29, 0.717) is 32.8 Å². The van der Waals surface area contributed by atoms with Gasteiger partial charge in [0.05, 0.1) is 6.54 Å². The number of amides is 1. The van der Waals surface area contributed by atoms with Crippen molar-refractivity contribution in [2.45, 2.75) is 20.4 Å². The van der Waals surface area contributed by atoms with Crippen LogP contribution in [-0.2, 0) is 11.3 Å². The molecule has 1 aromatic carbocycles. The van der Waals surface area contributed by atoms with Gasteiger partial charge < -0.3 is 14.8 Å². The maximum absolute atomic E-state index is 11.7. The summed E-state index contributed by atoms with van der Waals surface area (Å²) in [6.45, 7) is 7.66. The molecule has 1 aromatic rings. The number of rotatable bonds is 6. The van der Waals surface area contributed by atoms with Gasteiger partial charge in [-0.2, -0.15) is 0 Å². The minimum absolute atomic E-state index is 0.0491. The van der Waals surface area contributed by atoms with Crippen LogP contribution in [-0.4, -0.2) is 43.7 Å². The Morgan fingerprint density at radius 3 is 2.57 bits per heavy atom. The molecule has 0 aliphatic carbocycles. The Morgan fingerprint density at radius 1 is 1.29 bits per heavy atom. The third-order valence-electron chi connectivity index (χ3n) is 3.29. The van der Waals surface area contributed by atoms with Crippen LogP contribution in [0.5, 0.6) is 11.5 Å². The summed E-state index contributed by atoms with van der Waals surface area (Å²) >= 11 is 3.57. The van der Waals surface area contributed by atoms with E-state index in [4.69, 9.17) is 9.47 Å². The van der Waals surface area contributed by atoms with Crippen LogP contribution in [0.25, 0.3) is 0 Å². The summed E-state index contributed by atoms with van der Waals surface area (Å²) in [6, 6.07) is 3.92. The molecule has 1 heterocycles. The first kappa shape index (κ1) is 16.1. The van der Waals surface area contributed by atoms with Gasteiger partial charge in [-0.3, -0.25) is 9.69 Å². The highest BCUT2D eigenvalue weighted by atomic mass is 79.9. The predicted molar refractivity (Wildman–Crippen MR) is 84.8 cm³/mol. The lowest BCUT2D eigenvalue weighted by molar-refractivity contribution is -0.122. The summed E-state index contributed by atoms with van der Waals surface area (Å²) < 4.78 is 12.1. The molecular formula is C15H21BrN2O3. The summed E-state index contributed by atoms with van der Waals surface area (Å²) in [4.78, 5) is 13.8. The molecule has 0 spiro atoms. The first-order valence-electron chi connectivity index (χ1n) is 7.21. The normalized spacial score (nSPS) is 13.3. The van der Waals surface area contributed by atoms with Gasteiger partial charge in [0.15, 0.2) is 11.5 Å². The Bertz CT molecular complexity index is 508. The average Bonchev–Trinajstić information content (AvgIpc) is 2.47. The van der Waals surface area contributed by atoms with Crippen molar-refractivity contribution in [3.8, 4) is 11.5 Å². The lowest BCUT2D eigenvalue weighted by Gasteiger charge is -2.23. The van der Waals surface area contributed by atoms with Gasteiger partial charge in [-0.25, -0.2) is 0 Å². The Labute approximate surface area is 133 Å². The minimum Gasteiger partial charge on any atom is -0.486 e. The van der Waals surface area contributed by atoms with Crippen molar-refractivity contribution >= 4 is 21.8 Å². The van der Waals surface area contributed by atoms with E-state index >= 15 is 0 Å². The minimum atomic E-state index is 0.0491. The average molecular weight is 357 g/mol. The van der Waals surface area contributed by atoms with Gasteiger partial charge in [0, 0.05) is 17.6 Å². The molecule has 0 atom stereocenters. The second kappa shape index (κ2) is 7.66. The highest BCUT2D eigenvalue weighted by molar-refractivity contribution is 9.10. The fourth-order valence-corrected chi connectivity index (χ4v) is 2.65. The van der Waals surface area contributed by atoms with Crippen LogP contribution in [0.15, 0.2) is 16.6 Å². The number of carbonyl (C=O) groups is 1. The highest BCUT2D eigenvalue weighted by Gasteiger charge is 2.17. The maximum Gasteiger partial charge on any atom is 0.234 e. The highest BCUT2D eigenvalue weighted by Crippen LogP contribution is 2.35. The van der Waals surface area contributed by atoms with E-state index in [9.17, 15) is 4.79 Å². The molecule has 1 aliphatic heterocycles. The van der Waals surface area contributed by atoms with Gasteiger partial charge in [-0.1, -0.05) is 22.9 Å². The van der Waals surface area contributed by atoms with Gasteiger partial charge in [-0.05, 0) is 31.2 Å². The quantitative estimate of drug-likeness (QED) is 0.848. The number of benzene rings is 1. The molecular weight excluding hydrogens is 336 g/mol. The van der Waals surface area contributed by atoms with Crippen LogP contribution < -0.4 is 14.8 Å². The zero-order chi connectivity index (χ0) is 15.2. The van der Waals surface area contributed by atoms with Crippen LogP contribution in [0.3, 0.4) is 0 Å². The number of carbonyl (C=O) groups excluding carboxylic acids is 1. The SMILES string of the molecule is CCNC(=O)CN(CC)Cc1cc2c(cc1Br)OCCO2. The third kappa shape index (κ3) is 4.35. The molecule has 0 radical (unpaired) electrons. The number of fused-ring (bicyclic) bond motifs is 1. The summed E-state index contributed by atoms with van der Waals surface area (Å²) in [7, 11) is 0. The Balaban J connectivity index is 2.08. The molecule has 116 valence electrons. The number of nitrogens with zero attached hydrogens (tertiary/aromatic N) is 1. The largest absolute Gasteiger partial charge is 0.486 e. The molecule has 5 nitrogen and oxygen atoms in total. The molecule has 1 N–H and O–H groups in total. The number of hydrogen-bond donors (Lipinski definition) is 1. The molecule has 0 bridgehead atoms. The maximum atomic E-state index is 11.7. The van der Waals surface area contributed by atoms with Crippen molar-refractivity contribution in [3.05, 3.63) is 22.2 Å². The van der Waals surface area contributed by atoms with Crippen molar-refractivity contribution in [2.75, 3.05) is 32.8 Å².